The van der Waals surface area contributed by atoms with E-state index >= 15 is 0 Å². The van der Waals surface area contributed by atoms with Crippen LogP contribution in [0.5, 0.6) is 0 Å². The maximum atomic E-state index is 10.9. The van der Waals surface area contributed by atoms with Gasteiger partial charge in [-0.1, -0.05) is 26.0 Å². The predicted octanol–water partition coefficient (Wildman–Crippen LogP) is 1.83. The summed E-state index contributed by atoms with van der Waals surface area (Å²) in [5.74, 6) is 0. The molecule has 0 N–H and O–H groups in total. The van der Waals surface area contributed by atoms with E-state index in [9.17, 15) is 4.79 Å². The van der Waals surface area contributed by atoms with E-state index < -0.39 is 0 Å². The lowest BCUT2D eigenvalue weighted by Crippen LogP contribution is -2.19. The van der Waals surface area contributed by atoms with Crippen molar-refractivity contribution in [3.05, 3.63) is 23.0 Å². The highest BCUT2D eigenvalue weighted by Gasteiger charge is 2.26. The number of rotatable bonds is 2. The van der Waals surface area contributed by atoms with Crippen molar-refractivity contribution in [2.75, 3.05) is 0 Å². The third-order valence-corrected chi connectivity index (χ3v) is 2.87. The van der Waals surface area contributed by atoms with Crippen LogP contribution in [0.2, 0.25) is 0 Å². The first-order valence-electron chi connectivity index (χ1n) is 4.85. The van der Waals surface area contributed by atoms with Crippen LogP contribution in [0.25, 0.3) is 5.13 Å². The summed E-state index contributed by atoms with van der Waals surface area (Å²) in [6.45, 7) is 6.05. The number of hydrogen-bond acceptors (Lipinski definition) is 5. The van der Waals surface area contributed by atoms with Gasteiger partial charge in [-0.2, -0.15) is 4.68 Å². The largest absolute Gasteiger partial charge is 0.296 e. The van der Waals surface area contributed by atoms with E-state index in [-0.39, 0.29) is 5.41 Å². The minimum Gasteiger partial charge on any atom is -0.296 e. The molecule has 0 aliphatic heterocycles. The van der Waals surface area contributed by atoms with Crippen LogP contribution in [0.15, 0.2) is 11.6 Å². The van der Waals surface area contributed by atoms with Gasteiger partial charge in [-0.25, -0.2) is 4.98 Å². The molecule has 16 heavy (non-hydrogen) atoms. The van der Waals surface area contributed by atoms with Gasteiger partial charge in [0.2, 0.25) is 5.13 Å². The van der Waals surface area contributed by atoms with Crippen LogP contribution >= 0.6 is 11.3 Å². The van der Waals surface area contributed by atoms with Crippen molar-refractivity contribution in [2.24, 2.45) is 0 Å². The Morgan fingerprint density at radius 3 is 2.69 bits per heavy atom. The molecule has 0 amide bonds. The van der Waals surface area contributed by atoms with E-state index in [0.29, 0.717) is 5.69 Å². The SMILES string of the molecule is CC(C)(C)c1c(C=O)nnn1-c1nccs1. The van der Waals surface area contributed by atoms with Gasteiger partial charge in [-0.3, -0.25) is 4.79 Å². The quantitative estimate of drug-likeness (QED) is 0.746. The van der Waals surface area contributed by atoms with Crippen LogP contribution in [0, 0.1) is 0 Å². The number of aldehydes is 1. The molecular weight excluding hydrogens is 224 g/mol. The van der Waals surface area contributed by atoms with E-state index in [1.54, 1.807) is 10.9 Å². The predicted molar refractivity (Wildman–Crippen MR) is 61.1 cm³/mol. The monoisotopic (exact) mass is 236 g/mol. The van der Waals surface area contributed by atoms with Gasteiger partial charge in [-0.05, 0) is 0 Å². The Balaban J connectivity index is 2.64. The molecule has 84 valence electrons. The lowest BCUT2D eigenvalue weighted by atomic mass is 9.90. The van der Waals surface area contributed by atoms with Crippen molar-refractivity contribution in [1.82, 2.24) is 20.0 Å². The zero-order valence-corrected chi connectivity index (χ0v) is 10.2. The van der Waals surface area contributed by atoms with Crippen molar-refractivity contribution < 1.29 is 4.79 Å². The molecule has 6 heteroatoms. The Kier molecular flexibility index (Phi) is 2.59. The summed E-state index contributed by atoms with van der Waals surface area (Å²) in [5.41, 5.74) is 0.964. The molecule has 2 rings (SSSR count). The van der Waals surface area contributed by atoms with E-state index in [0.717, 1.165) is 17.1 Å². The Labute approximate surface area is 97.1 Å². The van der Waals surface area contributed by atoms with Crippen molar-refractivity contribution in [3.63, 3.8) is 0 Å². The average molecular weight is 236 g/mol. The molecule has 0 unspecified atom stereocenters. The molecule has 0 fully saturated rings. The fourth-order valence-corrected chi connectivity index (χ4v) is 2.12. The van der Waals surface area contributed by atoms with Gasteiger partial charge in [0.25, 0.3) is 0 Å². The van der Waals surface area contributed by atoms with Crippen LogP contribution in [0.1, 0.15) is 37.0 Å². The summed E-state index contributed by atoms with van der Waals surface area (Å²) in [6.07, 6.45) is 2.44. The second-order valence-electron chi connectivity index (χ2n) is 4.42. The van der Waals surface area contributed by atoms with Crippen LogP contribution in [-0.2, 0) is 5.41 Å². The molecule has 2 aromatic heterocycles. The summed E-state index contributed by atoms with van der Waals surface area (Å²) in [7, 11) is 0. The molecule has 0 aliphatic carbocycles. The fourth-order valence-electron chi connectivity index (χ4n) is 1.53. The number of nitrogens with zero attached hydrogens (tertiary/aromatic N) is 4. The standard InChI is InChI=1S/C10H12N4OS/c1-10(2,3)8-7(6-15)12-13-14(8)9-11-4-5-16-9/h4-6H,1-3H3. The van der Waals surface area contributed by atoms with Gasteiger partial charge in [-0.15, -0.1) is 16.4 Å². The van der Waals surface area contributed by atoms with E-state index in [2.05, 4.69) is 15.3 Å². The summed E-state index contributed by atoms with van der Waals surface area (Å²) in [4.78, 5) is 15.1. The highest BCUT2D eigenvalue weighted by molar-refractivity contribution is 7.12. The van der Waals surface area contributed by atoms with Crippen molar-refractivity contribution in [1.29, 1.82) is 0 Å². The highest BCUT2D eigenvalue weighted by Crippen LogP contribution is 2.26. The third kappa shape index (κ3) is 1.76. The van der Waals surface area contributed by atoms with Gasteiger partial charge in [0.05, 0.1) is 5.69 Å². The lowest BCUT2D eigenvalue weighted by Gasteiger charge is -2.18. The Morgan fingerprint density at radius 2 is 2.19 bits per heavy atom. The molecule has 0 bridgehead atoms. The zero-order valence-electron chi connectivity index (χ0n) is 9.34. The van der Waals surface area contributed by atoms with Gasteiger partial charge in [0.1, 0.15) is 5.69 Å². The van der Waals surface area contributed by atoms with Crippen LogP contribution < -0.4 is 0 Å². The van der Waals surface area contributed by atoms with Gasteiger partial charge in [0.15, 0.2) is 6.29 Å². The summed E-state index contributed by atoms with van der Waals surface area (Å²) >= 11 is 1.46. The molecule has 0 radical (unpaired) electrons. The lowest BCUT2D eigenvalue weighted by molar-refractivity contribution is 0.111. The molecule has 0 saturated heterocycles. The van der Waals surface area contributed by atoms with Gasteiger partial charge < -0.3 is 0 Å². The summed E-state index contributed by atoms with van der Waals surface area (Å²) in [5, 5.41) is 10.4. The number of carbonyl (C=O) groups is 1. The summed E-state index contributed by atoms with van der Waals surface area (Å²) < 4.78 is 1.63. The second kappa shape index (κ2) is 3.79. The first-order valence-corrected chi connectivity index (χ1v) is 5.73. The molecule has 2 aromatic rings. The highest BCUT2D eigenvalue weighted by atomic mass is 32.1. The maximum Gasteiger partial charge on any atom is 0.211 e. The van der Waals surface area contributed by atoms with Crippen molar-refractivity contribution in [3.8, 4) is 5.13 Å². The average Bonchev–Trinajstić information content (AvgIpc) is 2.84. The molecule has 0 saturated carbocycles. The molecular formula is C10H12N4OS. The number of thiazole rings is 1. The number of hydrogen-bond donors (Lipinski definition) is 0. The summed E-state index contributed by atoms with van der Waals surface area (Å²) in [6, 6.07) is 0. The van der Waals surface area contributed by atoms with Crippen LogP contribution in [0.4, 0.5) is 0 Å². The zero-order chi connectivity index (χ0) is 11.8. The topological polar surface area (TPSA) is 60.7 Å². The van der Waals surface area contributed by atoms with E-state index in [1.807, 2.05) is 26.2 Å². The molecule has 2 heterocycles. The Bertz CT molecular complexity index is 495. The smallest absolute Gasteiger partial charge is 0.211 e. The second-order valence-corrected chi connectivity index (χ2v) is 5.29. The normalized spacial score (nSPS) is 11.7. The van der Waals surface area contributed by atoms with E-state index in [1.165, 1.54) is 11.3 Å². The molecule has 0 spiro atoms. The Morgan fingerprint density at radius 1 is 1.44 bits per heavy atom. The molecule has 0 aliphatic rings. The van der Waals surface area contributed by atoms with Crippen molar-refractivity contribution >= 4 is 17.6 Å². The van der Waals surface area contributed by atoms with Gasteiger partial charge in [0, 0.05) is 17.0 Å². The van der Waals surface area contributed by atoms with Crippen LogP contribution in [0.3, 0.4) is 0 Å². The minimum absolute atomic E-state index is 0.203. The maximum absolute atomic E-state index is 10.9. The first kappa shape index (κ1) is 10.9. The Hall–Kier alpha value is -1.56. The van der Waals surface area contributed by atoms with Gasteiger partial charge >= 0.3 is 0 Å². The third-order valence-electron chi connectivity index (χ3n) is 2.12. The van der Waals surface area contributed by atoms with E-state index in [4.69, 9.17) is 0 Å². The number of aromatic nitrogens is 4. The van der Waals surface area contributed by atoms with Crippen molar-refractivity contribution in [2.45, 2.75) is 26.2 Å². The fraction of sp³-hybridized carbons (Fsp3) is 0.400. The molecule has 0 aromatic carbocycles. The number of carbonyl (C=O) groups excluding carboxylic acids is 1. The van der Waals surface area contributed by atoms with Crippen LogP contribution in [-0.4, -0.2) is 26.3 Å². The molecule has 5 nitrogen and oxygen atoms in total. The molecule has 0 atom stereocenters. The first-order chi connectivity index (χ1) is 7.54. The minimum atomic E-state index is -0.203.